The highest BCUT2D eigenvalue weighted by molar-refractivity contribution is 5.76. The van der Waals surface area contributed by atoms with Gasteiger partial charge in [-0.2, -0.15) is 0 Å². The molecule has 2 aromatic rings. The Morgan fingerprint density at radius 1 is 1.03 bits per heavy atom. The van der Waals surface area contributed by atoms with Crippen LogP contribution in [-0.4, -0.2) is 42.7 Å². The van der Waals surface area contributed by atoms with E-state index in [1.54, 1.807) is 0 Å². The van der Waals surface area contributed by atoms with Gasteiger partial charge in [0, 0.05) is 26.2 Å². The fourth-order valence-electron chi connectivity index (χ4n) is 3.79. The second-order valence-electron chi connectivity index (χ2n) is 8.39. The van der Waals surface area contributed by atoms with Crippen molar-refractivity contribution in [2.75, 3.05) is 19.7 Å². The number of carbonyl (C=O) groups excluding carboxylic acids is 1. The minimum absolute atomic E-state index is 0.000739. The molecular weight excluding hydrogens is 376 g/mol. The van der Waals surface area contributed by atoms with Gasteiger partial charge in [0.2, 0.25) is 5.91 Å². The monoisotopic (exact) mass is 410 g/mol. The quantitative estimate of drug-likeness (QED) is 0.715. The number of morpholine rings is 1. The maximum atomic E-state index is 12.1. The van der Waals surface area contributed by atoms with E-state index < -0.39 is 0 Å². The highest BCUT2D eigenvalue weighted by Gasteiger charge is 2.21. The SMILES string of the molecule is Cc1ccc(OCCC(=O)NCc2ccc(CN3CC(C)OC(C)C3)cc2)cc1C. The molecule has 0 saturated carbocycles. The molecule has 2 aromatic carbocycles. The third-order valence-electron chi connectivity index (χ3n) is 5.49. The topological polar surface area (TPSA) is 50.8 Å². The highest BCUT2D eigenvalue weighted by atomic mass is 16.5. The van der Waals surface area contributed by atoms with Gasteiger partial charge in [-0.3, -0.25) is 9.69 Å². The Morgan fingerprint density at radius 3 is 2.37 bits per heavy atom. The van der Waals surface area contributed by atoms with Crippen molar-refractivity contribution in [3.8, 4) is 5.75 Å². The lowest BCUT2D eigenvalue weighted by molar-refractivity contribution is -0.121. The van der Waals surface area contributed by atoms with Gasteiger partial charge in [-0.05, 0) is 62.1 Å². The highest BCUT2D eigenvalue weighted by Crippen LogP contribution is 2.17. The molecule has 2 unspecified atom stereocenters. The molecule has 5 heteroatoms. The number of rotatable bonds is 8. The molecule has 1 N–H and O–H groups in total. The number of benzene rings is 2. The van der Waals surface area contributed by atoms with E-state index in [1.807, 2.05) is 18.2 Å². The fourth-order valence-corrected chi connectivity index (χ4v) is 3.79. The first kappa shape index (κ1) is 22.3. The van der Waals surface area contributed by atoms with Crippen molar-refractivity contribution in [1.82, 2.24) is 10.2 Å². The zero-order valence-corrected chi connectivity index (χ0v) is 18.6. The number of aryl methyl sites for hydroxylation is 2. The Bertz CT molecular complexity index is 825. The van der Waals surface area contributed by atoms with E-state index in [0.717, 1.165) is 30.9 Å². The number of ether oxygens (including phenoxy) is 2. The van der Waals surface area contributed by atoms with Gasteiger partial charge in [-0.25, -0.2) is 0 Å². The molecule has 1 aliphatic heterocycles. The molecule has 0 aliphatic carbocycles. The molecule has 2 atom stereocenters. The summed E-state index contributed by atoms with van der Waals surface area (Å²) in [5, 5.41) is 2.97. The summed E-state index contributed by atoms with van der Waals surface area (Å²) in [5.41, 5.74) is 4.82. The van der Waals surface area contributed by atoms with Crippen molar-refractivity contribution >= 4 is 5.91 Å². The van der Waals surface area contributed by atoms with E-state index in [0.29, 0.717) is 19.6 Å². The summed E-state index contributed by atoms with van der Waals surface area (Å²) in [4.78, 5) is 14.5. The molecule has 1 saturated heterocycles. The third-order valence-corrected chi connectivity index (χ3v) is 5.49. The normalized spacial score (nSPS) is 19.5. The van der Waals surface area contributed by atoms with Crippen molar-refractivity contribution in [3.63, 3.8) is 0 Å². The minimum Gasteiger partial charge on any atom is -0.493 e. The van der Waals surface area contributed by atoms with Crippen LogP contribution in [0.2, 0.25) is 0 Å². The van der Waals surface area contributed by atoms with Crippen LogP contribution in [0.25, 0.3) is 0 Å². The van der Waals surface area contributed by atoms with E-state index in [1.165, 1.54) is 16.7 Å². The summed E-state index contributed by atoms with van der Waals surface area (Å²) in [5.74, 6) is 0.810. The van der Waals surface area contributed by atoms with E-state index in [2.05, 4.69) is 62.2 Å². The third kappa shape index (κ3) is 6.85. The average Bonchev–Trinajstić information content (AvgIpc) is 2.69. The van der Waals surface area contributed by atoms with Crippen molar-refractivity contribution in [1.29, 1.82) is 0 Å². The van der Waals surface area contributed by atoms with Gasteiger partial charge in [0.15, 0.2) is 0 Å². The Kier molecular flexibility index (Phi) is 7.88. The van der Waals surface area contributed by atoms with Crippen LogP contribution in [0.5, 0.6) is 5.75 Å². The molecule has 0 radical (unpaired) electrons. The van der Waals surface area contributed by atoms with Crippen molar-refractivity contribution < 1.29 is 14.3 Å². The Labute approximate surface area is 180 Å². The zero-order chi connectivity index (χ0) is 21.5. The molecule has 1 heterocycles. The van der Waals surface area contributed by atoms with Crippen LogP contribution < -0.4 is 10.1 Å². The van der Waals surface area contributed by atoms with Gasteiger partial charge in [-0.1, -0.05) is 30.3 Å². The van der Waals surface area contributed by atoms with E-state index in [-0.39, 0.29) is 18.1 Å². The molecule has 1 aliphatic rings. The molecule has 0 aromatic heterocycles. The minimum atomic E-state index is -0.000739. The second-order valence-corrected chi connectivity index (χ2v) is 8.39. The fraction of sp³-hybridized carbons (Fsp3) is 0.480. The van der Waals surface area contributed by atoms with Crippen molar-refractivity contribution in [3.05, 3.63) is 64.7 Å². The zero-order valence-electron chi connectivity index (χ0n) is 18.6. The smallest absolute Gasteiger partial charge is 0.223 e. The van der Waals surface area contributed by atoms with Crippen LogP contribution in [0.3, 0.4) is 0 Å². The number of carbonyl (C=O) groups is 1. The molecule has 0 bridgehead atoms. The lowest BCUT2D eigenvalue weighted by atomic mass is 10.1. The Balaban J connectivity index is 1.38. The molecule has 30 heavy (non-hydrogen) atoms. The van der Waals surface area contributed by atoms with Gasteiger partial charge >= 0.3 is 0 Å². The average molecular weight is 411 g/mol. The maximum absolute atomic E-state index is 12.1. The molecule has 0 spiro atoms. The van der Waals surface area contributed by atoms with Gasteiger partial charge in [0.05, 0.1) is 25.2 Å². The van der Waals surface area contributed by atoms with Crippen LogP contribution in [0.1, 0.15) is 42.5 Å². The summed E-state index contributed by atoms with van der Waals surface area (Å²) in [6, 6.07) is 14.5. The maximum Gasteiger partial charge on any atom is 0.223 e. The number of amides is 1. The lowest BCUT2D eigenvalue weighted by Gasteiger charge is -2.35. The van der Waals surface area contributed by atoms with Crippen LogP contribution >= 0.6 is 0 Å². The molecule has 1 fully saturated rings. The van der Waals surface area contributed by atoms with Crippen molar-refractivity contribution in [2.45, 2.75) is 59.4 Å². The van der Waals surface area contributed by atoms with Crippen LogP contribution in [0, 0.1) is 13.8 Å². The first-order valence-corrected chi connectivity index (χ1v) is 10.8. The lowest BCUT2D eigenvalue weighted by Crippen LogP contribution is -2.44. The van der Waals surface area contributed by atoms with E-state index >= 15 is 0 Å². The van der Waals surface area contributed by atoms with Crippen LogP contribution in [0.4, 0.5) is 0 Å². The molecule has 1 amide bonds. The van der Waals surface area contributed by atoms with Crippen LogP contribution in [-0.2, 0) is 22.6 Å². The predicted molar refractivity (Wildman–Crippen MR) is 120 cm³/mol. The largest absolute Gasteiger partial charge is 0.493 e. The van der Waals surface area contributed by atoms with Gasteiger partial charge < -0.3 is 14.8 Å². The number of nitrogens with zero attached hydrogens (tertiary/aromatic N) is 1. The molecular formula is C25H34N2O3. The predicted octanol–water partition coefficient (Wildman–Crippen LogP) is 4.00. The second kappa shape index (κ2) is 10.6. The van der Waals surface area contributed by atoms with Gasteiger partial charge in [0.1, 0.15) is 5.75 Å². The Morgan fingerprint density at radius 2 is 1.70 bits per heavy atom. The summed E-state index contributed by atoms with van der Waals surface area (Å²) in [6.07, 6.45) is 0.905. The Hall–Kier alpha value is -2.37. The molecule has 162 valence electrons. The first-order valence-electron chi connectivity index (χ1n) is 10.8. The number of hydrogen-bond acceptors (Lipinski definition) is 4. The van der Waals surface area contributed by atoms with Crippen molar-refractivity contribution in [2.24, 2.45) is 0 Å². The summed E-state index contributed by atoms with van der Waals surface area (Å²) < 4.78 is 11.5. The van der Waals surface area contributed by atoms with E-state index in [4.69, 9.17) is 9.47 Å². The van der Waals surface area contributed by atoms with Crippen LogP contribution in [0.15, 0.2) is 42.5 Å². The molecule has 5 nitrogen and oxygen atoms in total. The molecule has 3 rings (SSSR count). The number of hydrogen-bond donors (Lipinski definition) is 1. The van der Waals surface area contributed by atoms with Gasteiger partial charge in [0.25, 0.3) is 0 Å². The summed E-state index contributed by atoms with van der Waals surface area (Å²) in [6.45, 7) is 12.2. The van der Waals surface area contributed by atoms with E-state index in [9.17, 15) is 4.79 Å². The first-order chi connectivity index (χ1) is 14.4. The standard InChI is InChI=1S/C25H34N2O3/c1-18-5-10-24(13-19(18)2)29-12-11-25(28)26-14-22-6-8-23(9-7-22)17-27-15-20(3)30-21(4)16-27/h5-10,13,20-21H,11-12,14-17H2,1-4H3,(H,26,28). The van der Waals surface area contributed by atoms with Gasteiger partial charge in [-0.15, -0.1) is 0 Å². The summed E-state index contributed by atoms with van der Waals surface area (Å²) in [7, 11) is 0. The number of nitrogens with one attached hydrogen (secondary N) is 1. The summed E-state index contributed by atoms with van der Waals surface area (Å²) >= 11 is 0.